The molecule has 1 heterocycles. The SMILES string of the molecule is Sn1ccnc1.[Zn+2]. The van der Waals surface area contributed by atoms with Crippen molar-refractivity contribution < 1.29 is 19.5 Å². The van der Waals surface area contributed by atoms with Crippen LogP contribution in [0.5, 0.6) is 0 Å². The summed E-state index contributed by atoms with van der Waals surface area (Å²) in [5.74, 6) is 0. The molecule has 2 nitrogen and oxygen atoms in total. The summed E-state index contributed by atoms with van der Waals surface area (Å²) in [5.41, 5.74) is 0. The summed E-state index contributed by atoms with van der Waals surface area (Å²) in [6.45, 7) is 0. The maximum atomic E-state index is 3.89. The minimum Gasteiger partial charge on any atom is -0.283 e. The van der Waals surface area contributed by atoms with Crippen LogP contribution in [0.1, 0.15) is 0 Å². The summed E-state index contributed by atoms with van der Waals surface area (Å²) in [6.07, 6.45) is 5.04. The summed E-state index contributed by atoms with van der Waals surface area (Å²) < 4.78 is 1.58. The van der Waals surface area contributed by atoms with Crippen LogP contribution in [0, 0.1) is 0 Å². The summed E-state index contributed by atoms with van der Waals surface area (Å²) >= 11 is 3.89. The van der Waals surface area contributed by atoms with Gasteiger partial charge >= 0.3 is 19.5 Å². The Morgan fingerprint density at radius 2 is 2.29 bits per heavy atom. The Labute approximate surface area is 60.2 Å². The summed E-state index contributed by atoms with van der Waals surface area (Å²) in [5, 5.41) is 0. The molecule has 0 unspecified atom stereocenters. The number of thiol groups is 1. The number of rotatable bonds is 0. The van der Waals surface area contributed by atoms with Crippen molar-refractivity contribution in [3.63, 3.8) is 0 Å². The van der Waals surface area contributed by atoms with E-state index in [1.165, 1.54) is 0 Å². The first-order valence-corrected chi connectivity index (χ1v) is 1.97. The predicted octanol–water partition coefficient (Wildman–Crippen LogP) is 0.573. The van der Waals surface area contributed by atoms with Gasteiger partial charge in [-0.2, -0.15) is 0 Å². The van der Waals surface area contributed by atoms with Crippen molar-refractivity contribution in [2.45, 2.75) is 0 Å². The van der Waals surface area contributed by atoms with Gasteiger partial charge in [0.25, 0.3) is 0 Å². The second kappa shape index (κ2) is 3.22. The van der Waals surface area contributed by atoms with E-state index in [2.05, 4.69) is 17.8 Å². The first-order valence-electron chi connectivity index (χ1n) is 1.57. The molecular weight excluding hydrogens is 162 g/mol. The maximum Gasteiger partial charge on any atom is 2.00 e. The van der Waals surface area contributed by atoms with Crippen molar-refractivity contribution in [3.05, 3.63) is 18.7 Å². The van der Waals surface area contributed by atoms with Crippen molar-refractivity contribution in [2.75, 3.05) is 0 Å². The molecule has 0 aliphatic carbocycles. The molecule has 1 aromatic heterocycles. The van der Waals surface area contributed by atoms with Crippen LogP contribution in [0.25, 0.3) is 0 Å². The van der Waals surface area contributed by atoms with Crippen molar-refractivity contribution in [3.8, 4) is 0 Å². The minimum absolute atomic E-state index is 0. The van der Waals surface area contributed by atoms with Gasteiger partial charge < -0.3 is 0 Å². The van der Waals surface area contributed by atoms with Gasteiger partial charge in [0.1, 0.15) is 6.33 Å². The van der Waals surface area contributed by atoms with Gasteiger partial charge in [0.15, 0.2) is 0 Å². The molecule has 0 N–H and O–H groups in total. The average molecular weight is 166 g/mol. The zero-order valence-corrected chi connectivity index (χ0v) is 7.64. The largest absolute Gasteiger partial charge is 2.00 e. The van der Waals surface area contributed by atoms with Gasteiger partial charge in [-0.05, 0) is 0 Å². The summed E-state index contributed by atoms with van der Waals surface area (Å²) in [6, 6.07) is 0. The number of aromatic nitrogens is 2. The molecule has 0 atom stereocenters. The van der Waals surface area contributed by atoms with Crippen molar-refractivity contribution in [1.82, 2.24) is 8.96 Å². The van der Waals surface area contributed by atoms with Crippen molar-refractivity contribution >= 4 is 12.8 Å². The van der Waals surface area contributed by atoms with Gasteiger partial charge in [0.2, 0.25) is 0 Å². The van der Waals surface area contributed by atoms with Crippen LogP contribution in [0.4, 0.5) is 0 Å². The molecule has 0 aromatic carbocycles. The van der Waals surface area contributed by atoms with Crippen LogP contribution in [-0.2, 0) is 19.5 Å². The molecule has 0 aliphatic heterocycles. The van der Waals surface area contributed by atoms with E-state index >= 15 is 0 Å². The normalized spacial score (nSPS) is 7.57. The second-order valence-corrected chi connectivity index (χ2v) is 1.40. The first kappa shape index (κ1) is 7.18. The molecule has 1 rings (SSSR count). The Bertz CT molecular complexity index is 116. The average Bonchev–Trinajstić information content (AvgIpc) is 1.86. The zero-order valence-electron chi connectivity index (χ0n) is 3.78. The molecule has 0 saturated carbocycles. The van der Waals surface area contributed by atoms with Crippen LogP contribution < -0.4 is 0 Å². The van der Waals surface area contributed by atoms with E-state index in [1.54, 1.807) is 22.7 Å². The Morgan fingerprint density at radius 3 is 2.43 bits per heavy atom. The molecule has 0 aliphatic rings. The molecule has 32 valence electrons. The van der Waals surface area contributed by atoms with E-state index in [-0.39, 0.29) is 19.5 Å². The van der Waals surface area contributed by atoms with Crippen LogP contribution in [0.15, 0.2) is 18.7 Å². The Kier molecular flexibility index (Phi) is 3.30. The second-order valence-electron chi connectivity index (χ2n) is 0.943. The Hall–Kier alpha value is 0.183. The van der Waals surface area contributed by atoms with Gasteiger partial charge in [0, 0.05) is 12.4 Å². The third-order valence-corrected chi connectivity index (χ3v) is 0.727. The number of imidazole rings is 1. The Balaban J connectivity index is 0.000000360. The topological polar surface area (TPSA) is 17.8 Å². The van der Waals surface area contributed by atoms with Gasteiger partial charge in [-0.25, -0.2) is 4.98 Å². The van der Waals surface area contributed by atoms with Gasteiger partial charge in [-0.1, -0.05) is 12.8 Å². The van der Waals surface area contributed by atoms with Crippen molar-refractivity contribution in [2.24, 2.45) is 0 Å². The molecule has 4 heteroatoms. The Morgan fingerprint density at radius 1 is 1.57 bits per heavy atom. The molecule has 7 heavy (non-hydrogen) atoms. The molecule has 0 spiro atoms. The van der Waals surface area contributed by atoms with E-state index in [4.69, 9.17) is 0 Å². The fourth-order valence-corrected chi connectivity index (χ4v) is 0.371. The quantitative estimate of drug-likeness (QED) is 0.440. The predicted molar refractivity (Wildman–Crippen MR) is 26.6 cm³/mol. The summed E-state index contributed by atoms with van der Waals surface area (Å²) in [7, 11) is 0. The van der Waals surface area contributed by atoms with Crippen LogP contribution in [0.2, 0.25) is 0 Å². The monoisotopic (exact) mass is 164 g/mol. The minimum atomic E-state index is 0. The maximum absolute atomic E-state index is 3.89. The number of hydrogen-bond donors (Lipinski definition) is 1. The van der Waals surface area contributed by atoms with Gasteiger partial charge in [-0.15, -0.1) is 0 Å². The van der Waals surface area contributed by atoms with E-state index < -0.39 is 0 Å². The third-order valence-electron chi connectivity index (χ3n) is 0.490. The van der Waals surface area contributed by atoms with Gasteiger partial charge in [0.05, 0.1) is 0 Å². The molecule has 0 fully saturated rings. The third kappa shape index (κ3) is 2.10. The number of nitrogens with zero attached hydrogens (tertiary/aromatic N) is 2. The fraction of sp³-hybridized carbons (Fsp3) is 0. The van der Waals surface area contributed by atoms with E-state index in [0.29, 0.717) is 0 Å². The van der Waals surface area contributed by atoms with Gasteiger partial charge in [-0.3, -0.25) is 3.97 Å². The van der Waals surface area contributed by atoms with Crippen LogP contribution in [-0.4, -0.2) is 8.96 Å². The molecule has 0 saturated heterocycles. The first-order chi connectivity index (χ1) is 2.89. The fourth-order valence-electron chi connectivity index (χ4n) is 0.252. The van der Waals surface area contributed by atoms with Crippen LogP contribution in [0.3, 0.4) is 0 Å². The molecule has 0 radical (unpaired) electrons. The smallest absolute Gasteiger partial charge is 0.283 e. The molecule has 0 amide bonds. The van der Waals surface area contributed by atoms with Crippen molar-refractivity contribution in [1.29, 1.82) is 0 Å². The molecule has 1 aromatic rings. The zero-order chi connectivity index (χ0) is 4.41. The molecule has 0 bridgehead atoms. The number of hydrogen-bond acceptors (Lipinski definition) is 2. The standard InChI is InChI=1S/C3H4N2S.Zn/c6-5-2-1-4-3-5;/h1-3,6H;/q;+2. The summed E-state index contributed by atoms with van der Waals surface area (Å²) in [4.78, 5) is 3.71. The van der Waals surface area contributed by atoms with E-state index in [0.717, 1.165) is 0 Å². The van der Waals surface area contributed by atoms with E-state index in [1.807, 2.05) is 0 Å². The molecular formula is C3H4N2SZn+2. The van der Waals surface area contributed by atoms with Crippen LogP contribution >= 0.6 is 12.8 Å². The van der Waals surface area contributed by atoms with E-state index in [9.17, 15) is 0 Å².